The highest BCUT2D eigenvalue weighted by molar-refractivity contribution is 7.98. The molecule has 0 N–H and O–H groups in total. The van der Waals surface area contributed by atoms with Crippen LogP contribution in [0.5, 0.6) is 0 Å². The lowest BCUT2D eigenvalue weighted by atomic mass is 10.2. The largest absolute Gasteiger partial charge is 0.300 e. The predicted octanol–water partition coefficient (Wildman–Crippen LogP) is 4.46. The van der Waals surface area contributed by atoms with E-state index >= 15 is 0 Å². The summed E-state index contributed by atoms with van der Waals surface area (Å²) in [6.07, 6.45) is 0. The lowest BCUT2D eigenvalue weighted by Crippen LogP contribution is -2.20. The summed E-state index contributed by atoms with van der Waals surface area (Å²) in [4.78, 5) is 2.02. The van der Waals surface area contributed by atoms with Crippen LogP contribution < -0.4 is 0 Å². The molecule has 1 heterocycles. The molecule has 0 saturated carbocycles. The van der Waals surface area contributed by atoms with Crippen molar-refractivity contribution in [1.82, 2.24) is 19.7 Å². The standard InChI is InChI=1S/C19H20F2N4S/c1-13(24(2)3)18-22-23-19(25(18)16-10-8-15(20)9-11-16)26-12-14-6-4-5-7-17(14)21/h4-11,13H,12H2,1-3H3/t13-/m0/s1. The van der Waals surface area contributed by atoms with Crippen LogP contribution in [0.2, 0.25) is 0 Å². The van der Waals surface area contributed by atoms with E-state index in [2.05, 4.69) is 10.2 Å². The van der Waals surface area contributed by atoms with Crippen molar-refractivity contribution in [3.63, 3.8) is 0 Å². The zero-order valence-corrected chi connectivity index (χ0v) is 15.7. The van der Waals surface area contributed by atoms with Gasteiger partial charge in [-0.25, -0.2) is 8.78 Å². The Morgan fingerprint density at radius 2 is 1.73 bits per heavy atom. The fourth-order valence-corrected chi connectivity index (χ4v) is 3.41. The molecule has 26 heavy (non-hydrogen) atoms. The molecule has 0 bridgehead atoms. The molecule has 3 aromatic rings. The molecule has 0 unspecified atom stereocenters. The van der Waals surface area contributed by atoms with E-state index in [1.54, 1.807) is 24.3 Å². The first-order chi connectivity index (χ1) is 12.5. The first kappa shape index (κ1) is 18.5. The number of hydrogen-bond acceptors (Lipinski definition) is 4. The third-order valence-corrected chi connectivity index (χ3v) is 5.18. The van der Waals surface area contributed by atoms with Crippen molar-refractivity contribution in [2.45, 2.75) is 23.9 Å². The Kier molecular flexibility index (Phi) is 5.68. The van der Waals surface area contributed by atoms with Crippen LogP contribution in [-0.4, -0.2) is 33.8 Å². The van der Waals surface area contributed by atoms with Gasteiger partial charge in [0.05, 0.1) is 6.04 Å². The highest BCUT2D eigenvalue weighted by Gasteiger charge is 2.21. The molecule has 0 fully saturated rings. The molecule has 7 heteroatoms. The molecule has 0 radical (unpaired) electrons. The second-order valence-electron chi connectivity index (χ2n) is 6.17. The minimum absolute atomic E-state index is 0.00960. The molecule has 0 amide bonds. The number of halogens is 2. The summed E-state index contributed by atoms with van der Waals surface area (Å²) in [5.41, 5.74) is 1.38. The van der Waals surface area contributed by atoms with Gasteiger partial charge >= 0.3 is 0 Å². The average molecular weight is 374 g/mol. The number of benzene rings is 2. The lowest BCUT2D eigenvalue weighted by Gasteiger charge is -2.20. The maximum Gasteiger partial charge on any atom is 0.196 e. The van der Waals surface area contributed by atoms with Crippen molar-refractivity contribution in [1.29, 1.82) is 0 Å². The van der Waals surface area contributed by atoms with Crippen LogP contribution in [0, 0.1) is 11.6 Å². The first-order valence-electron chi connectivity index (χ1n) is 8.21. The SMILES string of the molecule is C[C@@H](c1nnc(SCc2ccccc2F)n1-c1ccc(F)cc1)N(C)C. The Bertz CT molecular complexity index is 878. The molecular weight excluding hydrogens is 354 g/mol. The Morgan fingerprint density at radius 3 is 2.38 bits per heavy atom. The quantitative estimate of drug-likeness (QED) is 0.597. The molecule has 0 aliphatic heterocycles. The van der Waals surface area contributed by atoms with E-state index in [1.165, 1.54) is 30.0 Å². The van der Waals surface area contributed by atoms with Gasteiger partial charge in [-0.15, -0.1) is 10.2 Å². The number of aromatic nitrogens is 3. The second kappa shape index (κ2) is 7.97. The highest BCUT2D eigenvalue weighted by Crippen LogP contribution is 2.29. The number of hydrogen-bond donors (Lipinski definition) is 0. The van der Waals surface area contributed by atoms with Crippen LogP contribution in [0.3, 0.4) is 0 Å². The average Bonchev–Trinajstić information content (AvgIpc) is 3.04. The van der Waals surface area contributed by atoms with Crippen molar-refractivity contribution in [3.05, 3.63) is 71.6 Å². The second-order valence-corrected chi connectivity index (χ2v) is 7.11. The number of nitrogens with zero attached hydrogens (tertiary/aromatic N) is 4. The van der Waals surface area contributed by atoms with E-state index in [4.69, 9.17) is 0 Å². The Hall–Kier alpha value is -2.25. The van der Waals surface area contributed by atoms with Gasteiger partial charge in [-0.2, -0.15) is 0 Å². The summed E-state index contributed by atoms with van der Waals surface area (Å²) >= 11 is 1.40. The van der Waals surface area contributed by atoms with Crippen molar-refractivity contribution in [2.75, 3.05) is 14.1 Å². The minimum atomic E-state index is -0.301. The van der Waals surface area contributed by atoms with Gasteiger partial charge in [0.1, 0.15) is 11.6 Å². The van der Waals surface area contributed by atoms with E-state index in [9.17, 15) is 8.78 Å². The molecule has 3 rings (SSSR count). The monoisotopic (exact) mass is 374 g/mol. The van der Waals surface area contributed by atoms with Crippen LogP contribution in [0.1, 0.15) is 24.4 Å². The van der Waals surface area contributed by atoms with E-state index < -0.39 is 0 Å². The van der Waals surface area contributed by atoms with Gasteiger partial charge in [-0.1, -0.05) is 30.0 Å². The molecule has 4 nitrogen and oxygen atoms in total. The number of thioether (sulfide) groups is 1. The topological polar surface area (TPSA) is 34.0 Å². The van der Waals surface area contributed by atoms with Crippen molar-refractivity contribution < 1.29 is 8.78 Å². The first-order valence-corrected chi connectivity index (χ1v) is 9.20. The molecule has 0 aliphatic rings. The summed E-state index contributed by atoms with van der Waals surface area (Å²) < 4.78 is 29.1. The van der Waals surface area contributed by atoms with Gasteiger partial charge in [-0.3, -0.25) is 9.47 Å². The van der Waals surface area contributed by atoms with E-state index in [1.807, 2.05) is 36.6 Å². The summed E-state index contributed by atoms with van der Waals surface area (Å²) in [5, 5.41) is 9.27. The van der Waals surface area contributed by atoms with Gasteiger partial charge < -0.3 is 0 Å². The number of rotatable bonds is 6. The van der Waals surface area contributed by atoms with Crippen LogP contribution in [0.4, 0.5) is 8.78 Å². The minimum Gasteiger partial charge on any atom is -0.300 e. The van der Waals surface area contributed by atoms with Crippen molar-refractivity contribution in [2.24, 2.45) is 0 Å². The molecule has 2 aromatic carbocycles. The smallest absolute Gasteiger partial charge is 0.196 e. The Balaban J connectivity index is 1.97. The normalized spacial score (nSPS) is 12.5. The summed E-state index contributed by atoms with van der Waals surface area (Å²) in [6.45, 7) is 2.02. The van der Waals surface area contributed by atoms with E-state index in [-0.39, 0.29) is 17.7 Å². The Labute approximate surface area is 155 Å². The molecule has 0 saturated heterocycles. The van der Waals surface area contributed by atoms with Gasteiger partial charge in [-0.05, 0) is 56.9 Å². The van der Waals surface area contributed by atoms with Crippen LogP contribution in [0.15, 0.2) is 53.7 Å². The summed E-state index contributed by atoms with van der Waals surface area (Å²) in [6, 6.07) is 12.9. The van der Waals surface area contributed by atoms with Gasteiger partial charge in [0.2, 0.25) is 0 Å². The predicted molar refractivity (Wildman–Crippen MR) is 99.4 cm³/mol. The third kappa shape index (κ3) is 3.94. The summed E-state index contributed by atoms with van der Waals surface area (Å²) in [7, 11) is 3.92. The van der Waals surface area contributed by atoms with E-state index in [0.29, 0.717) is 16.5 Å². The van der Waals surface area contributed by atoms with E-state index in [0.717, 1.165) is 11.5 Å². The fourth-order valence-electron chi connectivity index (χ4n) is 2.47. The molecule has 136 valence electrons. The summed E-state index contributed by atoms with van der Waals surface area (Å²) in [5.74, 6) is 0.638. The van der Waals surface area contributed by atoms with Gasteiger partial charge in [0.25, 0.3) is 0 Å². The third-order valence-electron chi connectivity index (χ3n) is 4.21. The zero-order chi connectivity index (χ0) is 18.7. The van der Waals surface area contributed by atoms with Crippen LogP contribution in [0.25, 0.3) is 5.69 Å². The highest BCUT2D eigenvalue weighted by atomic mass is 32.2. The Morgan fingerprint density at radius 1 is 1.04 bits per heavy atom. The van der Waals surface area contributed by atoms with Crippen LogP contribution in [-0.2, 0) is 5.75 Å². The van der Waals surface area contributed by atoms with Crippen molar-refractivity contribution in [3.8, 4) is 5.69 Å². The zero-order valence-electron chi connectivity index (χ0n) is 14.9. The maximum atomic E-state index is 13.9. The van der Waals surface area contributed by atoms with Crippen molar-refractivity contribution >= 4 is 11.8 Å². The van der Waals surface area contributed by atoms with Gasteiger partial charge in [0, 0.05) is 11.4 Å². The lowest BCUT2D eigenvalue weighted by molar-refractivity contribution is 0.305. The molecule has 0 spiro atoms. The molecule has 1 atom stereocenters. The molecular formula is C19H20F2N4S. The van der Waals surface area contributed by atoms with Crippen LogP contribution >= 0.6 is 11.8 Å². The maximum absolute atomic E-state index is 13.9. The fraction of sp³-hybridized carbons (Fsp3) is 0.263. The molecule has 0 aliphatic carbocycles. The van der Waals surface area contributed by atoms with Gasteiger partial charge in [0.15, 0.2) is 11.0 Å². The molecule has 1 aromatic heterocycles.